The van der Waals surface area contributed by atoms with Crippen LogP contribution in [0.2, 0.25) is 5.02 Å². The average molecular weight is 936 g/mol. The summed E-state index contributed by atoms with van der Waals surface area (Å²) in [5.74, 6) is 0.0509. The van der Waals surface area contributed by atoms with E-state index in [4.69, 9.17) is 26.1 Å². The third-order valence-electron chi connectivity index (χ3n) is 14.8. The fourth-order valence-electron chi connectivity index (χ4n) is 11.2. The number of benzene rings is 2. The van der Waals surface area contributed by atoms with Gasteiger partial charge >= 0.3 is 0 Å². The van der Waals surface area contributed by atoms with Gasteiger partial charge in [-0.3, -0.25) is 34.2 Å². The van der Waals surface area contributed by atoms with Crippen LogP contribution in [0.3, 0.4) is 0 Å². The summed E-state index contributed by atoms with van der Waals surface area (Å²) in [5.41, 5.74) is 4.15. The molecule has 354 valence electrons. The predicted octanol–water partition coefficient (Wildman–Crippen LogP) is 5.16. The minimum atomic E-state index is -0.606. The number of likely N-dealkylation sites (tertiary alicyclic amines) is 1. The van der Waals surface area contributed by atoms with Crippen LogP contribution in [-0.2, 0) is 25.7 Å². The first-order valence-corrected chi connectivity index (χ1v) is 24.2. The van der Waals surface area contributed by atoms with Crippen LogP contribution in [0.5, 0.6) is 5.75 Å². The van der Waals surface area contributed by atoms with Crippen molar-refractivity contribution >= 4 is 69.3 Å². The highest BCUT2D eigenvalue weighted by atomic mass is 35.5. The van der Waals surface area contributed by atoms with Gasteiger partial charge in [0.25, 0.3) is 17.4 Å². The van der Waals surface area contributed by atoms with E-state index in [2.05, 4.69) is 47.8 Å². The molecule has 1 spiro atoms. The zero-order chi connectivity index (χ0) is 46.6. The Morgan fingerprint density at radius 1 is 0.955 bits per heavy atom. The number of fused-ring (bicyclic) bond motifs is 2. The van der Waals surface area contributed by atoms with Gasteiger partial charge in [0.1, 0.15) is 11.1 Å². The van der Waals surface area contributed by atoms with Crippen LogP contribution in [0.1, 0.15) is 93.6 Å². The highest BCUT2D eigenvalue weighted by molar-refractivity contribution is 6.33. The minimum Gasteiger partial charge on any atom is -0.478 e. The second kappa shape index (κ2) is 18.4. The molecule has 5 fully saturated rings. The predicted molar refractivity (Wildman–Crippen MR) is 254 cm³/mol. The molecule has 0 bridgehead atoms. The monoisotopic (exact) mass is 934 g/mol. The second-order valence-electron chi connectivity index (χ2n) is 19.6. The van der Waals surface area contributed by atoms with Crippen LogP contribution in [-0.4, -0.2) is 125 Å². The van der Waals surface area contributed by atoms with Crippen LogP contribution in [0.15, 0.2) is 53.5 Å². The molecule has 1 unspecified atom stereocenters. The van der Waals surface area contributed by atoms with Gasteiger partial charge in [-0.1, -0.05) is 11.6 Å². The number of nitrogens with one attached hydrogen (secondary N) is 3. The number of carbonyl (C=O) groups is 4. The molecule has 67 heavy (non-hydrogen) atoms. The Kier molecular flexibility index (Phi) is 12.3. The molecule has 4 amide bonds. The van der Waals surface area contributed by atoms with Crippen LogP contribution >= 0.6 is 11.6 Å². The van der Waals surface area contributed by atoms with Gasteiger partial charge in [-0.25, -0.2) is 4.98 Å². The Hall–Kier alpha value is -5.78. The zero-order valence-electron chi connectivity index (χ0n) is 38.4. The number of hydrogen-bond donors (Lipinski definition) is 3. The number of piperidine rings is 3. The summed E-state index contributed by atoms with van der Waals surface area (Å²) in [7, 11) is 1.52. The van der Waals surface area contributed by atoms with Gasteiger partial charge in [-0.2, -0.15) is 4.98 Å². The highest BCUT2D eigenvalue weighted by Gasteiger charge is 2.46. The molecule has 7 heterocycles. The molecule has 5 aliphatic heterocycles. The first-order chi connectivity index (χ1) is 32.3. The lowest BCUT2D eigenvalue weighted by atomic mass is 9.76. The van der Waals surface area contributed by atoms with Gasteiger partial charge < -0.3 is 39.4 Å². The second-order valence-corrected chi connectivity index (χ2v) is 20.0. The molecule has 2 aromatic carbocycles. The Balaban J connectivity index is 0.702. The first kappa shape index (κ1) is 45.0. The number of hydrogen-bond acceptors (Lipinski definition) is 13. The van der Waals surface area contributed by atoms with Crippen LogP contribution in [0.25, 0.3) is 10.9 Å². The SMILES string of the molecule is CNC(=O)COc1cc2cc(Nc3nc(N4CCC(OC5CC(N6CCCC7(CCN(c8ccc9c(c8)CN([C@@H]8CCC(=O)NC8=O)C9=O)C7)C6)C5)CC4)ncc3Cl)ccc2n(C(C)C)c1=O. The number of ether oxygens (including phenoxy) is 2. The van der Waals surface area contributed by atoms with E-state index in [0.29, 0.717) is 41.4 Å². The number of imide groups is 1. The van der Waals surface area contributed by atoms with Gasteiger partial charge in [0.15, 0.2) is 18.2 Å². The standard InChI is InChI=1S/C49H59ClN10O7/c1-29(2)60-39-8-5-32(19-30(39)21-41(47(60)65)66-26-43(62)51-3)53-44-38(50)24-52-48(55-44)56-16-11-35(12-17-56)67-36-22-34(23-36)57-15-4-13-49(27-57)14-18-58(28-49)33-6-7-37-31(20-33)25-59(46(37)64)40-9-10-42(61)54-45(40)63/h5-8,19-21,24,29,34-36,40H,4,9-18,22-23,25-28H2,1-3H3,(H,51,62)(H,52,53,55)(H,54,61,63)/t34?,36?,40-,49?/m1/s1. The minimum absolute atomic E-state index is 0.0976. The lowest BCUT2D eigenvalue weighted by molar-refractivity contribution is -0.137. The topological polar surface area (TPSA) is 184 Å². The molecular formula is C49H59ClN10O7. The summed E-state index contributed by atoms with van der Waals surface area (Å²) < 4.78 is 14.0. The largest absolute Gasteiger partial charge is 0.478 e. The normalized spacial score (nSPS) is 24.6. The summed E-state index contributed by atoms with van der Waals surface area (Å²) in [5, 5.41) is 9.40. The summed E-state index contributed by atoms with van der Waals surface area (Å²) in [6, 6.07) is 13.2. The van der Waals surface area contributed by atoms with E-state index < -0.39 is 6.04 Å². The van der Waals surface area contributed by atoms with Crippen molar-refractivity contribution in [1.29, 1.82) is 0 Å². The zero-order valence-corrected chi connectivity index (χ0v) is 39.1. The quantitative estimate of drug-likeness (QED) is 0.159. The number of halogens is 1. The number of rotatable bonds is 12. The van der Waals surface area contributed by atoms with Gasteiger partial charge in [-0.15, -0.1) is 0 Å². The van der Waals surface area contributed by atoms with Gasteiger partial charge in [0.05, 0.1) is 23.9 Å². The molecule has 1 aliphatic carbocycles. The Morgan fingerprint density at radius 2 is 1.78 bits per heavy atom. The maximum atomic E-state index is 13.3. The van der Waals surface area contributed by atoms with Crippen LogP contribution in [0, 0.1) is 5.41 Å². The maximum Gasteiger partial charge on any atom is 0.293 e. The molecule has 1 saturated carbocycles. The number of amides is 4. The lowest BCUT2D eigenvalue weighted by Crippen LogP contribution is -2.55. The number of anilines is 4. The molecule has 17 nitrogen and oxygen atoms in total. The van der Waals surface area contributed by atoms with Crippen molar-refractivity contribution in [3.8, 4) is 5.75 Å². The van der Waals surface area contributed by atoms with Crippen LogP contribution < -0.4 is 36.0 Å². The molecule has 2 atom stereocenters. The van der Waals surface area contributed by atoms with Gasteiger partial charge in [-0.05, 0) is 120 Å². The Morgan fingerprint density at radius 3 is 2.55 bits per heavy atom. The summed E-state index contributed by atoms with van der Waals surface area (Å²) in [6.45, 7) is 9.74. The van der Waals surface area contributed by atoms with Crippen molar-refractivity contribution in [3.63, 3.8) is 0 Å². The number of carbonyl (C=O) groups excluding carboxylic acids is 4. The number of pyridine rings is 1. The molecule has 18 heteroatoms. The van der Waals surface area contributed by atoms with E-state index >= 15 is 0 Å². The first-order valence-electron chi connectivity index (χ1n) is 23.8. The molecule has 10 rings (SSSR count). The smallest absolute Gasteiger partial charge is 0.293 e. The molecule has 3 N–H and O–H groups in total. The van der Waals surface area contributed by atoms with Crippen LogP contribution in [0.4, 0.5) is 23.1 Å². The summed E-state index contributed by atoms with van der Waals surface area (Å²) in [6.07, 6.45) is 10.1. The molecule has 6 aliphatic rings. The number of likely N-dealkylation sites (N-methyl/N-ethyl adjacent to an activating group) is 1. The summed E-state index contributed by atoms with van der Waals surface area (Å²) >= 11 is 6.63. The average Bonchev–Trinajstić information content (AvgIpc) is 3.86. The fourth-order valence-corrected chi connectivity index (χ4v) is 11.3. The van der Waals surface area contributed by atoms with Gasteiger partial charge in [0, 0.05) is 92.6 Å². The lowest BCUT2D eigenvalue weighted by Gasteiger charge is -2.50. The van der Waals surface area contributed by atoms with E-state index in [1.165, 1.54) is 19.9 Å². The Bertz CT molecular complexity index is 2660. The highest BCUT2D eigenvalue weighted by Crippen LogP contribution is 2.44. The van der Waals surface area contributed by atoms with E-state index in [1.54, 1.807) is 21.7 Å². The van der Waals surface area contributed by atoms with Crippen molar-refractivity contribution in [2.45, 2.75) is 109 Å². The molecule has 4 saturated heterocycles. The third-order valence-corrected chi connectivity index (χ3v) is 15.1. The van der Waals surface area contributed by atoms with Crippen molar-refractivity contribution in [2.75, 3.05) is 68.0 Å². The number of aromatic nitrogens is 3. The van der Waals surface area contributed by atoms with Crippen molar-refractivity contribution < 1.29 is 28.7 Å². The third kappa shape index (κ3) is 9.05. The van der Waals surface area contributed by atoms with E-state index in [0.717, 1.165) is 99.2 Å². The molecule has 0 radical (unpaired) electrons. The molecule has 4 aromatic rings. The van der Waals surface area contributed by atoms with Crippen molar-refractivity contribution in [2.24, 2.45) is 5.41 Å². The Labute approximate surface area is 394 Å². The summed E-state index contributed by atoms with van der Waals surface area (Å²) in [4.78, 5) is 81.1. The fraction of sp³-hybridized carbons (Fsp3) is 0.531. The van der Waals surface area contributed by atoms with Crippen molar-refractivity contribution in [3.05, 3.63) is 75.2 Å². The number of nitrogens with zero attached hydrogens (tertiary/aromatic N) is 7. The van der Waals surface area contributed by atoms with E-state index in [-0.39, 0.29) is 71.6 Å². The van der Waals surface area contributed by atoms with Crippen molar-refractivity contribution in [1.82, 2.24) is 35.0 Å². The molecular weight excluding hydrogens is 876 g/mol. The maximum absolute atomic E-state index is 13.3. The van der Waals surface area contributed by atoms with E-state index in [9.17, 15) is 24.0 Å². The van der Waals surface area contributed by atoms with Gasteiger partial charge in [0.2, 0.25) is 17.8 Å². The molecule has 2 aromatic heterocycles. The van der Waals surface area contributed by atoms with E-state index in [1.807, 2.05) is 38.1 Å².